The summed E-state index contributed by atoms with van der Waals surface area (Å²) in [5.74, 6) is 0.463. The minimum atomic E-state index is -3.58. The van der Waals surface area contributed by atoms with Crippen molar-refractivity contribution in [1.29, 1.82) is 0 Å². The predicted molar refractivity (Wildman–Crippen MR) is 80.4 cm³/mol. The summed E-state index contributed by atoms with van der Waals surface area (Å²) in [7, 11) is -4.51. The molecule has 2 N–H and O–H groups in total. The fraction of sp³-hybridized carbons (Fsp3) is 0.538. The lowest BCUT2D eigenvalue weighted by atomic mass is 10.1. The number of hydrogen-bond donors (Lipinski definition) is 2. The normalized spacial score (nSPS) is 16.6. The molecule has 0 aliphatic heterocycles. The molecule has 1 aromatic carbocycles. The lowest BCUT2D eigenvalue weighted by molar-refractivity contribution is 0.199. The zero-order valence-corrected chi connectivity index (χ0v) is 13.5. The molecule has 0 heterocycles. The molecule has 3 atom stereocenters. The van der Waals surface area contributed by atoms with Crippen molar-refractivity contribution >= 4 is 20.8 Å². The van der Waals surface area contributed by atoms with Crippen LogP contribution in [-0.4, -0.2) is 35.8 Å². The molecule has 3 unspecified atom stereocenters. The van der Waals surface area contributed by atoms with Crippen LogP contribution in [0, 0.1) is 0 Å². The first-order chi connectivity index (χ1) is 9.22. The van der Waals surface area contributed by atoms with Gasteiger partial charge in [-0.05, 0) is 38.0 Å². The Morgan fingerprint density at radius 1 is 1.25 bits per heavy atom. The molecule has 0 fully saturated rings. The van der Waals surface area contributed by atoms with Crippen LogP contribution >= 0.6 is 0 Å². The third-order valence-electron chi connectivity index (χ3n) is 2.87. The molecule has 1 rings (SSSR count). The Bertz CT molecular complexity index is 552. The Morgan fingerprint density at radius 3 is 2.25 bits per heavy atom. The average Bonchev–Trinajstić information content (AvgIpc) is 2.36. The highest BCUT2D eigenvalue weighted by Crippen LogP contribution is 2.16. The van der Waals surface area contributed by atoms with E-state index >= 15 is 0 Å². The Balaban J connectivity index is 2.75. The van der Waals surface area contributed by atoms with Crippen LogP contribution in [0.1, 0.15) is 31.9 Å². The van der Waals surface area contributed by atoms with Gasteiger partial charge in [0.25, 0.3) is 0 Å². The van der Waals surface area contributed by atoms with Gasteiger partial charge in [0.05, 0.1) is 11.0 Å². The second kappa shape index (κ2) is 7.31. The number of benzene rings is 1. The van der Waals surface area contributed by atoms with Gasteiger partial charge in [-0.3, -0.25) is 4.21 Å². The number of hydrogen-bond acceptors (Lipinski definition) is 4. The van der Waals surface area contributed by atoms with E-state index in [0.29, 0.717) is 17.7 Å². The molecule has 20 heavy (non-hydrogen) atoms. The lowest BCUT2D eigenvalue weighted by Gasteiger charge is -2.14. The van der Waals surface area contributed by atoms with E-state index in [1.54, 1.807) is 32.2 Å². The molecule has 0 spiro atoms. The maximum atomic E-state index is 12.1. The van der Waals surface area contributed by atoms with Crippen molar-refractivity contribution in [1.82, 2.24) is 4.72 Å². The third-order valence-corrected chi connectivity index (χ3v) is 5.28. The molecule has 5 nitrogen and oxygen atoms in total. The van der Waals surface area contributed by atoms with Crippen LogP contribution < -0.4 is 4.72 Å². The zero-order valence-electron chi connectivity index (χ0n) is 11.9. The lowest BCUT2D eigenvalue weighted by Crippen LogP contribution is -2.33. The van der Waals surface area contributed by atoms with Crippen molar-refractivity contribution in [2.45, 2.75) is 37.3 Å². The molecule has 0 saturated carbocycles. The van der Waals surface area contributed by atoms with Gasteiger partial charge in [0.15, 0.2) is 0 Å². The minimum Gasteiger partial charge on any atom is -0.389 e. The first-order valence-corrected chi connectivity index (χ1v) is 9.54. The van der Waals surface area contributed by atoms with E-state index in [9.17, 15) is 17.7 Å². The third kappa shape index (κ3) is 5.32. The molecule has 0 amide bonds. The fourth-order valence-electron chi connectivity index (χ4n) is 1.66. The SMILES string of the molecule is CC(CCS(C)=O)NS(=O)(=O)c1ccc(C(C)O)cc1. The largest absolute Gasteiger partial charge is 0.389 e. The summed E-state index contributed by atoms with van der Waals surface area (Å²) in [4.78, 5) is 0.159. The van der Waals surface area contributed by atoms with Gasteiger partial charge in [0.1, 0.15) is 0 Å². The smallest absolute Gasteiger partial charge is 0.240 e. The molecular weight excluding hydrogens is 298 g/mol. The highest BCUT2D eigenvalue weighted by molar-refractivity contribution is 7.89. The maximum Gasteiger partial charge on any atom is 0.240 e. The van der Waals surface area contributed by atoms with Gasteiger partial charge in [0.2, 0.25) is 10.0 Å². The topological polar surface area (TPSA) is 83.5 Å². The fourth-order valence-corrected chi connectivity index (χ4v) is 3.62. The van der Waals surface area contributed by atoms with Crippen LogP contribution in [0.25, 0.3) is 0 Å². The van der Waals surface area contributed by atoms with Gasteiger partial charge in [0, 0.05) is 28.9 Å². The quantitative estimate of drug-likeness (QED) is 0.790. The second-order valence-corrected chi connectivity index (χ2v) is 8.10. The van der Waals surface area contributed by atoms with Gasteiger partial charge in [-0.1, -0.05) is 12.1 Å². The maximum absolute atomic E-state index is 12.1. The molecule has 0 saturated heterocycles. The summed E-state index contributed by atoms with van der Waals surface area (Å²) in [6.45, 7) is 3.36. The van der Waals surface area contributed by atoms with Crippen molar-refractivity contribution in [3.63, 3.8) is 0 Å². The van der Waals surface area contributed by atoms with Crippen molar-refractivity contribution in [3.05, 3.63) is 29.8 Å². The van der Waals surface area contributed by atoms with Crippen LogP contribution in [0.4, 0.5) is 0 Å². The van der Waals surface area contributed by atoms with E-state index in [1.807, 2.05) is 0 Å². The summed E-state index contributed by atoms with van der Waals surface area (Å²) < 4.78 is 37.8. The summed E-state index contributed by atoms with van der Waals surface area (Å²) in [6, 6.07) is 5.83. The monoisotopic (exact) mass is 319 g/mol. The van der Waals surface area contributed by atoms with E-state index in [4.69, 9.17) is 0 Å². The van der Waals surface area contributed by atoms with Crippen LogP contribution in [0.2, 0.25) is 0 Å². The standard InChI is InChI=1S/C13H21NO4S2/c1-10(8-9-19(3)16)14-20(17,18)13-6-4-12(5-7-13)11(2)15/h4-7,10-11,14-15H,8-9H2,1-3H3. The van der Waals surface area contributed by atoms with E-state index in [1.165, 1.54) is 12.1 Å². The number of nitrogens with one attached hydrogen (secondary N) is 1. The number of aliphatic hydroxyl groups excluding tert-OH is 1. The van der Waals surface area contributed by atoms with E-state index in [2.05, 4.69) is 4.72 Å². The van der Waals surface area contributed by atoms with Crippen molar-refractivity contribution in [3.8, 4) is 0 Å². The van der Waals surface area contributed by atoms with Crippen LogP contribution in [-0.2, 0) is 20.8 Å². The Hall–Kier alpha value is -0.760. The Labute approximate surface area is 122 Å². The predicted octanol–water partition coefficient (Wildman–Crippen LogP) is 1.18. The van der Waals surface area contributed by atoms with Gasteiger partial charge >= 0.3 is 0 Å². The highest BCUT2D eigenvalue weighted by atomic mass is 32.2. The molecule has 0 radical (unpaired) electrons. The number of rotatable bonds is 7. The molecule has 114 valence electrons. The molecule has 1 aromatic rings. The van der Waals surface area contributed by atoms with Crippen LogP contribution in [0.3, 0.4) is 0 Å². The van der Waals surface area contributed by atoms with E-state index < -0.39 is 26.9 Å². The minimum absolute atomic E-state index is 0.159. The van der Waals surface area contributed by atoms with Crippen LogP contribution in [0.15, 0.2) is 29.2 Å². The first-order valence-electron chi connectivity index (χ1n) is 6.33. The van der Waals surface area contributed by atoms with Gasteiger partial charge in [-0.25, -0.2) is 13.1 Å². The summed E-state index contributed by atoms with van der Waals surface area (Å²) in [5.41, 5.74) is 0.665. The van der Waals surface area contributed by atoms with Crippen molar-refractivity contribution < 1.29 is 17.7 Å². The average molecular weight is 319 g/mol. The summed E-state index contributed by atoms with van der Waals surface area (Å²) >= 11 is 0. The zero-order chi connectivity index (χ0) is 15.3. The van der Waals surface area contributed by atoms with Crippen molar-refractivity contribution in [2.24, 2.45) is 0 Å². The summed E-state index contributed by atoms with van der Waals surface area (Å²) in [5, 5.41) is 9.39. The Kier molecular flexibility index (Phi) is 6.32. The van der Waals surface area contributed by atoms with E-state index in [0.717, 1.165) is 0 Å². The molecular formula is C13H21NO4S2. The van der Waals surface area contributed by atoms with Crippen LogP contribution in [0.5, 0.6) is 0 Å². The second-order valence-electron chi connectivity index (χ2n) is 4.83. The molecule has 0 aromatic heterocycles. The van der Waals surface area contributed by atoms with Gasteiger partial charge < -0.3 is 5.11 Å². The molecule has 0 bridgehead atoms. The molecule has 0 aliphatic carbocycles. The number of aliphatic hydroxyl groups is 1. The summed E-state index contributed by atoms with van der Waals surface area (Å²) in [6.07, 6.45) is 1.49. The molecule has 0 aliphatic rings. The van der Waals surface area contributed by atoms with Gasteiger partial charge in [-0.15, -0.1) is 0 Å². The first kappa shape index (κ1) is 17.3. The van der Waals surface area contributed by atoms with Gasteiger partial charge in [-0.2, -0.15) is 0 Å². The van der Waals surface area contributed by atoms with Crippen molar-refractivity contribution in [2.75, 3.05) is 12.0 Å². The number of sulfonamides is 1. The van der Waals surface area contributed by atoms with E-state index in [-0.39, 0.29) is 10.9 Å². The molecule has 7 heteroatoms. The highest BCUT2D eigenvalue weighted by Gasteiger charge is 2.17. The Morgan fingerprint density at radius 2 is 1.80 bits per heavy atom.